The number of carbonyl (C=O) groups is 1. The molecule has 0 spiro atoms. The van der Waals surface area contributed by atoms with Crippen LogP contribution in [0.5, 0.6) is 0 Å². The minimum absolute atomic E-state index is 0.0415. The first-order valence-electron chi connectivity index (χ1n) is 8.71. The fourth-order valence-corrected chi connectivity index (χ4v) is 4.43. The fraction of sp³-hybridized carbons (Fsp3) is 0.526. The molecule has 1 aliphatic carbocycles. The summed E-state index contributed by atoms with van der Waals surface area (Å²) in [5, 5.41) is 12.9. The van der Waals surface area contributed by atoms with E-state index < -0.39 is 0 Å². The molecule has 2 heterocycles. The Balaban J connectivity index is 1.56. The molecule has 1 aromatic carbocycles. The first-order chi connectivity index (χ1) is 11.3. The molecule has 4 nitrogen and oxygen atoms in total. The van der Waals surface area contributed by atoms with E-state index in [9.17, 15) is 9.90 Å². The zero-order valence-electron chi connectivity index (χ0n) is 13.4. The van der Waals surface area contributed by atoms with E-state index in [0.29, 0.717) is 6.54 Å². The number of rotatable bonds is 3. The maximum Gasteiger partial charge on any atom is 0.237 e. The number of fused-ring (bicyclic) bond motifs is 1. The molecule has 3 aliphatic rings. The quantitative estimate of drug-likeness (QED) is 0.896. The van der Waals surface area contributed by atoms with Crippen LogP contribution in [0.15, 0.2) is 30.3 Å². The van der Waals surface area contributed by atoms with Crippen LogP contribution in [-0.4, -0.2) is 47.7 Å². The summed E-state index contributed by atoms with van der Waals surface area (Å²) < 4.78 is 0. The summed E-state index contributed by atoms with van der Waals surface area (Å²) in [7, 11) is 0. The van der Waals surface area contributed by atoms with Crippen LogP contribution in [0.2, 0.25) is 0 Å². The second-order valence-electron chi connectivity index (χ2n) is 6.87. The summed E-state index contributed by atoms with van der Waals surface area (Å²) in [4.78, 5) is 13.9. The lowest BCUT2D eigenvalue weighted by atomic mass is 9.74. The van der Waals surface area contributed by atoms with Gasteiger partial charge in [0.2, 0.25) is 5.91 Å². The summed E-state index contributed by atoms with van der Waals surface area (Å²) in [5.41, 5.74) is 4.02. The van der Waals surface area contributed by atoms with E-state index in [-0.39, 0.29) is 30.5 Å². The minimum Gasteiger partial charge on any atom is -0.394 e. The van der Waals surface area contributed by atoms with E-state index in [0.717, 1.165) is 6.54 Å². The summed E-state index contributed by atoms with van der Waals surface area (Å²) >= 11 is 0. The van der Waals surface area contributed by atoms with Crippen LogP contribution in [0.3, 0.4) is 0 Å². The van der Waals surface area contributed by atoms with Crippen LogP contribution < -0.4 is 5.32 Å². The maximum atomic E-state index is 12.0. The van der Waals surface area contributed by atoms with E-state index >= 15 is 0 Å². The Kier molecular flexibility index (Phi) is 3.95. The smallest absolute Gasteiger partial charge is 0.237 e. The molecule has 2 N–H and O–H groups in total. The highest BCUT2D eigenvalue weighted by Crippen LogP contribution is 2.41. The van der Waals surface area contributed by atoms with Crippen LogP contribution >= 0.6 is 0 Å². The van der Waals surface area contributed by atoms with Crippen molar-refractivity contribution in [1.29, 1.82) is 0 Å². The van der Waals surface area contributed by atoms with E-state index in [1.54, 1.807) is 0 Å². The molecule has 2 fully saturated rings. The lowest BCUT2D eigenvalue weighted by molar-refractivity contribution is -0.153. The van der Waals surface area contributed by atoms with Crippen molar-refractivity contribution in [2.24, 2.45) is 0 Å². The molecular formula is C19H24N2O2. The number of amides is 1. The predicted octanol–water partition coefficient (Wildman–Crippen LogP) is 1.90. The Morgan fingerprint density at radius 2 is 2.04 bits per heavy atom. The highest BCUT2D eigenvalue weighted by Gasteiger charge is 2.52. The molecule has 1 amide bonds. The third-order valence-corrected chi connectivity index (χ3v) is 5.61. The molecule has 1 aromatic rings. The van der Waals surface area contributed by atoms with Crippen molar-refractivity contribution in [3.63, 3.8) is 0 Å². The average Bonchev–Trinajstić information content (AvgIpc) is 2.58. The second-order valence-corrected chi connectivity index (χ2v) is 6.87. The first-order valence-corrected chi connectivity index (χ1v) is 8.71. The molecule has 2 aliphatic heterocycles. The molecule has 2 saturated heterocycles. The number of carbonyl (C=O) groups excluding carboxylic acids is 1. The van der Waals surface area contributed by atoms with Gasteiger partial charge in [-0.1, -0.05) is 30.3 Å². The molecule has 0 radical (unpaired) electrons. The van der Waals surface area contributed by atoms with E-state index in [2.05, 4.69) is 35.7 Å². The number of aliphatic hydroxyl groups is 1. The van der Waals surface area contributed by atoms with Gasteiger partial charge in [0.15, 0.2) is 0 Å². The number of benzene rings is 1. The van der Waals surface area contributed by atoms with Gasteiger partial charge in [0, 0.05) is 12.5 Å². The number of hydrogen-bond donors (Lipinski definition) is 2. The van der Waals surface area contributed by atoms with Crippen molar-refractivity contribution in [2.45, 2.75) is 43.7 Å². The lowest BCUT2D eigenvalue weighted by Gasteiger charge is -2.57. The van der Waals surface area contributed by atoms with Crippen molar-refractivity contribution in [1.82, 2.24) is 10.2 Å². The van der Waals surface area contributed by atoms with Gasteiger partial charge in [-0.25, -0.2) is 0 Å². The second kappa shape index (κ2) is 6.10. The summed E-state index contributed by atoms with van der Waals surface area (Å²) in [6, 6.07) is 8.93. The SMILES string of the molecule is O=C1CNC[C@@H]2[C@H](c3ccc(C4=CCCCC4)cc3)[C@H](CO)N12. The lowest BCUT2D eigenvalue weighted by Crippen LogP contribution is -2.72. The number of allylic oxidation sites excluding steroid dienone is 2. The minimum atomic E-state index is -0.0608. The summed E-state index contributed by atoms with van der Waals surface area (Å²) in [6.07, 6.45) is 7.33. The van der Waals surface area contributed by atoms with Gasteiger partial charge >= 0.3 is 0 Å². The fourth-order valence-electron chi connectivity index (χ4n) is 4.43. The van der Waals surface area contributed by atoms with Gasteiger partial charge in [0.25, 0.3) is 0 Å². The van der Waals surface area contributed by atoms with Crippen LogP contribution in [-0.2, 0) is 4.79 Å². The van der Waals surface area contributed by atoms with Crippen molar-refractivity contribution in [3.05, 3.63) is 41.5 Å². The number of hydrogen-bond acceptors (Lipinski definition) is 3. The van der Waals surface area contributed by atoms with Crippen molar-refractivity contribution in [2.75, 3.05) is 19.7 Å². The molecule has 4 heteroatoms. The van der Waals surface area contributed by atoms with Crippen molar-refractivity contribution < 1.29 is 9.90 Å². The Labute approximate surface area is 137 Å². The van der Waals surface area contributed by atoms with Gasteiger partial charge in [-0.2, -0.15) is 0 Å². The van der Waals surface area contributed by atoms with Gasteiger partial charge in [-0.15, -0.1) is 0 Å². The van der Waals surface area contributed by atoms with Crippen molar-refractivity contribution in [3.8, 4) is 0 Å². The molecule has 0 saturated carbocycles. The molecule has 122 valence electrons. The average molecular weight is 312 g/mol. The molecule has 23 heavy (non-hydrogen) atoms. The van der Waals surface area contributed by atoms with Crippen molar-refractivity contribution >= 4 is 11.5 Å². The van der Waals surface area contributed by atoms with E-state index in [1.807, 2.05) is 4.90 Å². The summed E-state index contributed by atoms with van der Waals surface area (Å²) in [6.45, 7) is 1.26. The number of piperazine rings is 1. The normalized spacial score (nSPS) is 30.5. The Morgan fingerprint density at radius 3 is 2.74 bits per heavy atom. The Morgan fingerprint density at radius 1 is 1.22 bits per heavy atom. The van der Waals surface area contributed by atoms with Gasteiger partial charge in [0.05, 0.1) is 25.2 Å². The van der Waals surface area contributed by atoms with Gasteiger partial charge in [0.1, 0.15) is 0 Å². The monoisotopic (exact) mass is 312 g/mol. The third kappa shape index (κ3) is 2.50. The first kappa shape index (κ1) is 14.9. The van der Waals surface area contributed by atoms with Crippen LogP contribution in [0, 0.1) is 0 Å². The van der Waals surface area contributed by atoms with Crippen LogP contribution in [0.4, 0.5) is 0 Å². The number of nitrogens with one attached hydrogen (secondary N) is 1. The van der Waals surface area contributed by atoms with Crippen LogP contribution in [0.1, 0.15) is 42.7 Å². The highest BCUT2D eigenvalue weighted by atomic mass is 16.3. The Bertz CT molecular complexity index is 617. The molecule has 0 bridgehead atoms. The number of aliphatic hydroxyl groups excluding tert-OH is 1. The number of nitrogens with zero attached hydrogens (tertiary/aromatic N) is 1. The molecule has 4 rings (SSSR count). The predicted molar refractivity (Wildman–Crippen MR) is 90.0 cm³/mol. The van der Waals surface area contributed by atoms with E-state index in [1.165, 1.54) is 42.4 Å². The van der Waals surface area contributed by atoms with E-state index in [4.69, 9.17) is 0 Å². The van der Waals surface area contributed by atoms with Gasteiger partial charge < -0.3 is 15.3 Å². The Hall–Kier alpha value is -1.65. The third-order valence-electron chi connectivity index (χ3n) is 5.61. The van der Waals surface area contributed by atoms with Crippen LogP contribution in [0.25, 0.3) is 5.57 Å². The molecular weight excluding hydrogens is 288 g/mol. The highest BCUT2D eigenvalue weighted by molar-refractivity contribution is 5.81. The summed E-state index contributed by atoms with van der Waals surface area (Å²) in [5.74, 6) is 0.353. The molecule has 3 atom stereocenters. The van der Waals surface area contributed by atoms with Gasteiger partial charge in [-0.3, -0.25) is 4.79 Å². The molecule has 0 unspecified atom stereocenters. The largest absolute Gasteiger partial charge is 0.394 e. The zero-order valence-corrected chi connectivity index (χ0v) is 13.4. The maximum absolute atomic E-state index is 12.0. The zero-order chi connectivity index (χ0) is 15.8. The standard InChI is InChI=1S/C19H24N2O2/c22-12-17-19(16-10-20-11-18(23)21(16)17)15-8-6-14(7-9-15)13-4-2-1-3-5-13/h4,6-9,16-17,19-20,22H,1-3,5,10-12H2/t16-,17+,19+/m1/s1. The van der Waals surface area contributed by atoms with Gasteiger partial charge in [-0.05, 0) is 42.4 Å². The topological polar surface area (TPSA) is 52.6 Å². The molecule has 0 aromatic heterocycles.